The van der Waals surface area contributed by atoms with Crippen molar-refractivity contribution >= 4 is 11.9 Å². The molecule has 0 spiro atoms. The van der Waals surface area contributed by atoms with Gasteiger partial charge >= 0.3 is 12.1 Å². The van der Waals surface area contributed by atoms with Gasteiger partial charge in [-0.3, -0.25) is 9.48 Å². The molecule has 3 heterocycles. The van der Waals surface area contributed by atoms with Crippen LogP contribution in [0.4, 0.5) is 13.2 Å². The molecule has 0 saturated carbocycles. The number of nitrogens with one attached hydrogen (secondary N) is 1. The molecule has 7 nitrogen and oxygen atoms in total. The van der Waals surface area contributed by atoms with Crippen LogP contribution in [-0.4, -0.2) is 50.4 Å². The van der Waals surface area contributed by atoms with Crippen molar-refractivity contribution in [3.63, 3.8) is 0 Å². The molecule has 0 aliphatic carbocycles. The molecule has 3 aromatic rings. The number of carboxylic acids is 1. The summed E-state index contributed by atoms with van der Waals surface area (Å²) in [5, 5.41) is 15.3. The SMILES string of the molecule is O=C(O)C(F)(F)F.O=C([C@H]1Cc2ccccc2CN1)N1CCn2nc(-c3ccccc3)cc2C1. The molecule has 0 radical (unpaired) electrons. The smallest absolute Gasteiger partial charge is 0.475 e. The van der Waals surface area contributed by atoms with Crippen LogP contribution in [0, 0.1) is 0 Å². The fourth-order valence-electron chi connectivity index (χ4n) is 4.05. The van der Waals surface area contributed by atoms with Crippen molar-refractivity contribution in [2.45, 2.75) is 38.3 Å². The molecule has 0 saturated heterocycles. The largest absolute Gasteiger partial charge is 0.490 e. The topological polar surface area (TPSA) is 87.5 Å². The predicted octanol–water partition coefficient (Wildman–Crippen LogP) is 3.24. The molecule has 2 aliphatic rings. The van der Waals surface area contributed by atoms with Gasteiger partial charge in [-0.25, -0.2) is 4.79 Å². The minimum Gasteiger partial charge on any atom is -0.475 e. The maximum Gasteiger partial charge on any atom is 0.490 e. The van der Waals surface area contributed by atoms with Gasteiger partial charge in [0.1, 0.15) is 0 Å². The molecule has 0 fully saturated rings. The van der Waals surface area contributed by atoms with E-state index in [9.17, 15) is 18.0 Å². The van der Waals surface area contributed by atoms with Crippen molar-refractivity contribution < 1.29 is 27.9 Å². The van der Waals surface area contributed by atoms with Crippen molar-refractivity contribution in [2.75, 3.05) is 6.54 Å². The van der Waals surface area contributed by atoms with E-state index >= 15 is 0 Å². The first-order valence-electron chi connectivity index (χ1n) is 10.7. The summed E-state index contributed by atoms with van der Waals surface area (Å²) in [4.78, 5) is 23.9. The number of benzene rings is 2. The van der Waals surface area contributed by atoms with E-state index in [2.05, 4.69) is 47.8 Å². The summed E-state index contributed by atoms with van der Waals surface area (Å²) in [7, 11) is 0. The van der Waals surface area contributed by atoms with E-state index in [1.165, 1.54) is 11.1 Å². The minimum absolute atomic E-state index is 0.136. The van der Waals surface area contributed by atoms with Crippen LogP contribution < -0.4 is 5.32 Å². The zero-order valence-corrected chi connectivity index (χ0v) is 18.1. The van der Waals surface area contributed by atoms with Crippen LogP contribution in [0.5, 0.6) is 0 Å². The number of carbonyl (C=O) groups is 2. The van der Waals surface area contributed by atoms with E-state index in [0.717, 1.165) is 36.5 Å². The standard InChI is InChI=1S/C22H22N4O.C2HF3O2/c27-22(21-12-17-8-4-5-9-18(17)14-23-21)25-10-11-26-19(15-25)13-20(24-26)16-6-2-1-3-7-16;3-2(4,5)1(6)7/h1-9,13,21,23H,10-12,14-15H2;(H,6,7)/t21-;/m1./s1. The molecule has 2 aliphatic heterocycles. The molecule has 5 rings (SSSR count). The number of amides is 1. The van der Waals surface area contributed by atoms with Gasteiger partial charge < -0.3 is 15.3 Å². The van der Waals surface area contributed by atoms with Crippen LogP contribution in [0.25, 0.3) is 11.3 Å². The van der Waals surface area contributed by atoms with E-state index in [1.54, 1.807) is 0 Å². The molecule has 1 atom stereocenters. The summed E-state index contributed by atoms with van der Waals surface area (Å²) >= 11 is 0. The van der Waals surface area contributed by atoms with Crippen molar-refractivity contribution in [3.8, 4) is 11.3 Å². The van der Waals surface area contributed by atoms with E-state index in [4.69, 9.17) is 15.0 Å². The second-order valence-corrected chi connectivity index (χ2v) is 8.08. The molecule has 2 N–H and O–H groups in total. The number of carbonyl (C=O) groups excluding carboxylic acids is 1. The van der Waals surface area contributed by atoms with Gasteiger partial charge in [0.25, 0.3) is 0 Å². The fraction of sp³-hybridized carbons (Fsp3) is 0.292. The van der Waals surface area contributed by atoms with Crippen LogP contribution in [0.15, 0.2) is 60.7 Å². The average Bonchev–Trinajstić information content (AvgIpc) is 3.27. The lowest BCUT2D eigenvalue weighted by molar-refractivity contribution is -0.192. The van der Waals surface area contributed by atoms with Crippen LogP contribution in [-0.2, 0) is 35.6 Å². The van der Waals surface area contributed by atoms with Crippen LogP contribution in [0.2, 0.25) is 0 Å². The third-order valence-electron chi connectivity index (χ3n) is 5.80. The van der Waals surface area contributed by atoms with E-state index < -0.39 is 12.1 Å². The lowest BCUT2D eigenvalue weighted by atomic mass is 9.95. The molecule has 34 heavy (non-hydrogen) atoms. The van der Waals surface area contributed by atoms with Crippen molar-refractivity contribution in [1.82, 2.24) is 20.0 Å². The molecule has 2 aromatic carbocycles. The highest BCUT2D eigenvalue weighted by Gasteiger charge is 2.38. The zero-order chi connectivity index (χ0) is 24.3. The van der Waals surface area contributed by atoms with Gasteiger partial charge in [0.2, 0.25) is 5.91 Å². The average molecular weight is 472 g/mol. The Morgan fingerprint density at radius 1 is 1.00 bits per heavy atom. The van der Waals surface area contributed by atoms with Crippen molar-refractivity contribution in [2.24, 2.45) is 0 Å². The number of aliphatic carboxylic acids is 1. The summed E-state index contributed by atoms with van der Waals surface area (Å²) in [5.41, 5.74) is 5.77. The molecule has 1 amide bonds. The van der Waals surface area contributed by atoms with Gasteiger partial charge in [-0.2, -0.15) is 18.3 Å². The number of hydrogen-bond acceptors (Lipinski definition) is 4. The molecular weight excluding hydrogens is 449 g/mol. The quantitative estimate of drug-likeness (QED) is 0.598. The van der Waals surface area contributed by atoms with Crippen molar-refractivity contribution in [1.29, 1.82) is 0 Å². The van der Waals surface area contributed by atoms with Crippen LogP contribution in [0.1, 0.15) is 16.8 Å². The highest BCUT2D eigenvalue weighted by Crippen LogP contribution is 2.23. The number of hydrogen-bond donors (Lipinski definition) is 2. The van der Waals surface area contributed by atoms with Crippen LogP contribution in [0.3, 0.4) is 0 Å². The fourth-order valence-corrected chi connectivity index (χ4v) is 4.05. The lowest BCUT2D eigenvalue weighted by Gasteiger charge is -2.33. The maximum absolute atomic E-state index is 13.1. The van der Waals surface area contributed by atoms with Gasteiger partial charge in [-0.1, -0.05) is 54.6 Å². The third kappa shape index (κ3) is 5.28. The van der Waals surface area contributed by atoms with Gasteiger partial charge in [-0.05, 0) is 23.6 Å². The number of nitrogens with zero attached hydrogens (tertiary/aromatic N) is 3. The van der Waals surface area contributed by atoms with E-state index in [0.29, 0.717) is 13.1 Å². The maximum atomic E-state index is 13.1. The number of halogens is 3. The Morgan fingerprint density at radius 2 is 1.65 bits per heavy atom. The number of alkyl halides is 3. The second kappa shape index (κ2) is 9.68. The van der Waals surface area contributed by atoms with Gasteiger partial charge in [0.15, 0.2) is 0 Å². The Labute approximate surface area is 193 Å². The minimum atomic E-state index is -5.08. The van der Waals surface area contributed by atoms with Crippen LogP contribution >= 0.6 is 0 Å². The second-order valence-electron chi connectivity index (χ2n) is 8.08. The third-order valence-corrected chi connectivity index (χ3v) is 5.80. The highest BCUT2D eigenvalue weighted by molar-refractivity contribution is 5.82. The number of rotatable bonds is 2. The van der Waals surface area contributed by atoms with Gasteiger partial charge in [0, 0.05) is 18.7 Å². The van der Waals surface area contributed by atoms with E-state index in [1.807, 2.05) is 27.8 Å². The Bertz CT molecular complexity index is 1180. The number of carboxylic acid groups (broad SMARTS) is 1. The van der Waals surface area contributed by atoms with Gasteiger partial charge in [0.05, 0.1) is 30.5 Å². The molecule has 1 aromatic heterocycles. The normalized spacial score (nSPS) is 17.1. The first-order chi connectivity index (χ1) is 16.2. The van der Waals surface area contributed by atoms with Gasteiger partial charge in [-0.15, -0.1) is 0 Å². The molecule has 10 heteroatoms. The lowest BCUT2D eigenvalue weighted by Crippen LogP contribution is -2.51. The summed E-state index contributed by atoms with van der Waals surface area (Å²) in [6.45, 7) is 2.84. The number of aromatic nitrogens is 2. The molecule has 0 bridgehead atoms. The first kappa shape index (κ1) is 23.5. The molecule has 0 unspecified atom stereocenters. The highest BCUT2D eigenvalue weighted by atomic mass is 19.4. The Hall–Kier alpha value is -3.66. The first-order valence-corrected chi connectivity index (χ1v) is 10.7. The summed E-state index contributed by atoms with van der Waals surface area (Å²) < 4.78 is 33.8. The Kier molecular flexibility index (Phi) is 6.69. The summed E-state index contributed by atoms with van der Waals surface area (Å²) in [6, 6.07) is 20.5. The van der Waals surface area contributed by atoms with Crippen molar-refractivity contribution in [3.05, 3.63) is 77.5 Å². The Balaban J connectivity index is 0.000000344. The predicted molar refractivity (Wildman–Crippen MR) is 118 cm³/mol. The summed E-state index contributed by atoms with van der Waals surface area (Å²) in [6.07, 6.45) is -4.32. The molecule has 178 valence electrons. The monoisotopic (exact) mass is 472 g/mol. The zero-order valence-electron chi connectivity index (χ0n) is 18.1. The van der Waals surface area contributed by atoms with E-state index in [-0.39, 0.29) is 11.9 Å². The number of fused-ring (bicyclic) bond motifs is 2. The Morgan fingerprint density at radius 3 is 2.32 bits per heavy atom. The molecular formula is C24H23F3N4O3. The summed E-state index contributed by atoms with van der Waals surface area (Å²) in [5.74, 6) is -2.56.